The predicted molar refractivity (Wildman–Crippen MR) is 69.9 cm³/mol. The fraction of sp³-hybridized carbons (Fsp3) is 0.833. The summed E-state index contributed by atoms with van der Waals surface area (Å²) in [5.41, 5.74) is 5.49. The average Bonchev–Trinajstić information content (AvgIpc) is 2.27. The van der Waals surface area contributed by atoms with Crippen molar-refractivity contribution in [2.24, 2.45) is 11.1 Å². The van der Waals surface area contributed by atoms with Gasteiger partial charge >= 0.3 is 0 Å². The van der Waals surface area contributed by atoms with Crippen LogP contribution in [0.25, 0.3) is 0 Å². The molecule has 0 unspecified atom stereocenters. The number of nitrogens with one attached hydrogen (secondary N) is 2. The number of nitrogens with two attached hydrogens (primary N) is 1. The average molecular weight is 259 g/mol. The topological polar surface area (TPSA) is 93.5 Å². The molecule has 4 N–H and O–H groups in total. The molecule has 0 fully saturated rings. The maximum Gasteiger partial charge on any atom is 0.237 e. The van der Waals surface area contributed by atoms with Gasteiger partial charge in [0.25, 0.3) is 0 Å². The largest absolute Gasteiger partial charge is 0.383 e. The zero-order chi connectivity index (χ0) is 14.2. The van der Waals surface area contributed by atoms with Crippen LogP contribution in [0, 0.1) is 5.41 Å². The Labute approximate surface area is 109 Å². The number of ether oxygens (including phenoxy) is 1. The molecule has 1 atom stereocenters. The van der Waals surface area contributed by atoms with E-state index in [1.54, 1.807) is 7.11 Å². The number of carbonyl (C=O) groups excluding carboxylic acids is 2. The molecule has 2 amide bonds. The van der Waals surface area contributed by atoms with Gasteiger partial charge in [-0.2, -0.15) is 0 Å². The number of rotatable bonds is 7. The van der Waals surface area contributed by atoms with Crippen LogP contribution in [-0.2, 0) is 14.3 Å². The van der Waals surface area contributed by atoms with Gasteiger partial charge in [0.15, 0.2) is 0 Å². The highest BCUT2D eigenvalue weighted by Crippen LogP contribution is 2.16. The smallest absolute Gasteiger partial charge is 0.237 e. The molecule has 0 aliphatic heterocycles. The van der Waals surface area contributed by atoms with Crippen LogP contribution in [0.3, 0.4) is 0 Å². The molecule has 6 heteroatoms. The van der Waals surface area contributed by atoms with Gasteiger partial charge in [0.2, 0.25) is 11.8 Å². The van der Waals surface area contributed by atoms with Crippen molar-refractivity contribution in [1.82, 2.24) is 10.6 Å². The van der Waals surface area contributed by atoms with Crippen molar-refractivity contribution < 1.29 is 14.3 Å². The highest BCUT2D eigenvalue weighted by atomic mass is 16.5. The van der Waals surface area contributed by atoms with E-state index in [1.807, 2.05) is 20.8 Å². The van der Waals surface area contributed by atoms with Gasteiger partial charge < -0.3 is 21.1 Å². The van der Waals surface area contributed by atoms with Crippen LogP contribution in [0.5, 0.6) is 0 Å². The van der Waals surface area contributed by atoms with Crippen molar-refractivity contribution in [3.05, 3.63) is 0 Å². The maximum absolute atomic E-state index is 11.6. The van der Waals surface area contributed by atoms with Gasteiger partial charge in [-0.3, -0.25) is 9.59 Å². The zero-order valence-electron chi connectivity index (χ0n) is 11.7. The van der Waals surface area contributed by atoms with Crippen LogP contribution in [0.15, 0.2) is 0 Å². The molecule has 0 aromatic rings. The molecule has 0 spiro atoms. The van der Waals surface area contributed by atoms with Gasteiger partial charge in [0.05, 0.1) is 12.6 Å². The Balaban J connectivity index is 3.78. The van der Waals surface area contributed by atoms with Crippen molar-refractivity contribution >= 4 is 11.8 Å². The minimum atomic E-state index is -0.575. The first kappa shape index (κ1) is 16.9. The lowest BCUT2D eigenvalue weighted by molar-refractivity contribution is -0.124. The molecule has 0 aromatic carbocycles. The summed E-state index contributed by atoms with van der Waals surface area (Å²) in [6.07, 6.45) is 0.242. The first-order valence-corrected chi connectivity index (χ1v) is 6.08. The SMILES string of the molecule is COCCNC(=O)CCNC(=O)[C@H](N)C(C)(C)C. The molecule has 0 aliphatic carbocycles. The zero-order valence-corrected chi connectivity index (χ0v) is 11.7. The van der Waals surface area contributed by atoms with Crippen LogP contribution in [0.2, 0.25) is 0 Å². The Kier molecular flexibility index (Phi) is 7.54. The molecule has 0 saturated carbocycles. The molecule has 0 radical (unpaired) electrons. The Morgan fingerprint density at radius 1 is 1.22 bits per heavy atom. The second-order valence-electron chi connectivity index (χ2n) is 5.23. The summed E-state index contributed by atoms with van der Waals surface area (Å²) < 4.78 is 4.80. The third-order valence-corrected chi connectivity index (χ3v) is 2.50. The van der Waals surface area contributed by atoms with Crippen LogP contribution in [0.4, 0.5) is 0 Å². The lowest BCUT2D eigenvalue weighted by atomic mass is 9.87. The van der Waals surface area contributed by atoms with Crippen molar-refractivity contribution in [2.75, 3.05) is 26.8 Å². The van der Waals surface area contributed by atoms with Crippen molar-refractivity contribution in [3.8, 4) is 0 Å². The standard InChI is InChI=1S/C12H25N3O3/c1-12(2,3)10(13)11(17)15-6-5-9(16)14-7-8-18-4/h10H,5-8,13H2,1-4H3,(H,14,16)(H,15,17)/t10-/m0/s1. The summed E-state index contributed by atoms with van der Waals surface area (Å²) in [5, 5.41) is 5.32. The van der Waals surface area contributed by atoms with Gasteiger partial charge in [-0.1, -0.05) is 20.8 Å². The van der Waals surface area contributed by atoms with E-state index < -0.39 is 6.04 Å². The quantitative estimate of drug-likeness (QED) is 0.544. The summed E-state index contributed by atoms with van der Waals surface area (Å²) in [4.78, 5) is 23.0. The molecule has 0 heterocycles. The van der Waals surface area contributed by atoms with E-state index in [0.29, 0.717) is 19.7 Å². The number of hydrogen-bond donors (Lipinski definition) is 3. The Morgan fingerprint density at radius 3 is 2.33 bits per heavy atom. The molecule has 0 saturated heterocycles. The molecular weight excluding hydrogens is 234 g/mol. The summed E-state index contributed by atoms with van der Waals surface area (Å²) in [5.74, 6) is -0.344. The summed E-state index contributed by atoms with van der Waals surface area (Å²) in [7, 11) is 1.57. The van der Waals surface area contributed by atoms with E-state index in [1.165, 1.54) is 0 Å². The first-order chi connectivity index (χ1) is 8.29. The third kappa shape index (κ3) is 7.24. The number of hydrogen-bond acceptors (Lipinski definition) is 4. The van der Waals surface area contributed by atoms with E-state index in [4.69, 9.17) is 10.5 Å². The van der Waals surface area contributed by atoms with Gasteiger partial charge in [-0.25, -0.2) is 0 Å². The fourth-order valence-corrected chi connectivity index (χ4v) is 1.18. The lowest BCUT2D eigenvalue weighted by Crippen LogP contribution is -2.49. The Morgan fingerprint density at radius 2 is 1.83 bits per heavy atom. The van der Waals surface area contributed by atoms with E-state index in [9.17, 15) is 9.59 Å². The van der Waals surface area contributed by atoms with Crippen molar-refractivity contribution in [3.63, 3.8) is 0 Å². The Hall–Kier alpha value is -1.14. The van der Waals surface area contributed by atoms with E-state index >= 15 is 0 Å². The third-order valence-electron chi connectivity index (χ3n) is 2.50. The monoisotopic (exact) mass is 259 g/mol. The molecule has 0 rings (SSSR count). The second-order valence-corrected chi connectivity index (χ2v) is 5.23. The second kappa shape index (κ2) is 8.05. The molecule has 0 aliphatic rings. The molecule has 0 aromatic heterocycles. The summed E-state index contributed by atoms with van der Waals surface area (Å²) >= 11 is 0. The highest BCUT2D eigenvalue weighted by Gasteiger charge is 2.26. The van der Waals surface area contributed by atoms with Crippen molar-refractivity contribution in [1.29, 1.82) is 0 Å². The highest BCUT2D eigenvalue weighted by molar-refractivity contribution is 5.83. The van der Waals surface area contributed by atoms with Gasteiger partial charge in [-0.15, -0.1) is 0 Å². The molecule has 18 heavy (non-hydrogen) atoms. The van der Waals surface area contributed by atoms with Gasteiger partial charge in [-0.05, 0) is 5.41 Å². The predicted octanol–water partition coefficient (Wildman–Crippen LogP) is -0.371. The lowest BCUT2D eigenvalue weighted by Gasteiger charge is -2.25. The summed E-state index contributed by atoms with van der Waals surface area (Å²) in [6, 6.07) is -0.575. The fourth-order valence-electron chi connectivity index (χ4n) is 1.18. The number of carbonyl (C=O) groups is 2. The van der Waals surface area contributed by atoms with E-state index in [-0.39, 0.29) is 23.7 Å². The van der Waals surface area contributed by atoms with Crippen molar-refractivity contribution in [2.45, 2.75) is 33.2 Å². The first-order valence-electron chi connectivity index (χ1n) is 6.08. The summed E-state index contributed by atoms with van der Waals surface area (Å²) in [6.45, 7) is 6.94. The van der Waals surface area contributed by atoms with E-state index in [2.05, 4.69) is 10.6 Å². The molecule has 0 bridgehead atoms. The van der Waals surface area contributed by atoms with Crippen LogP contribution in [0.1, 0.15) is 27.2 Å². The number of methoxy groups -OCH3 is 1. The van der Waals surface area contributed by atoms with Gasteiger partial charge in [0.1, 0.15) is 0 Å². The van der Waals surface area contributed by atoms with Crippen LogP contribution >= 0.6 is 0 Å². The maximum atomic E-state index is 11.6. The molecule has 106 valence electrons. The minimum absolute atomic E-state index is 0.114. The van der Waals surface area contributed by atoms with E-state index in [0.717, 1.165) is 0 Å². The molecule has 6 nitrogen and oxygen atoms in total. The van der Waals surface area contributed by atoms with Crippen LogP contribution < -0.4 is 16.4 Å². The number of amides is 2. The Bertz CT molecular complexity index is 274. The minimum Gasteiger partial charge on any atom is -0.383 e. The van der Waals surface area contributed by atoms with Gasteiger partial charge in [0, 0.05) is 26.6 Å². The van der Waals surface area contributed by atoms with Crippen LogP contribution in [-0.4, -0.2) is 44.7 Å². The normalized spacial score (nSPS) is 12.9. The molecular formula is C12H25N3O3.